The Labute approximate surface area is 173 Å². The minimum Gasteiger partial charge on any atom is -0.489 e. The lowest BCUT2D eigenvalue weighted by Gasteiger charge is -2.07. The van der Waals surface area contributed by atoms with E-state index in [2.05, 4.69) is 10.5 Å². The van der Waals surface area contributed by atoms with Crippen molar-refractivity contribution in [3.05, 3.63) is 106 Å². The molecule has 146 valence electrons. The first-order valence-corrected chi connectivity index (χ1v) is 9.21. The van der Waals surface area contributed by atoms with Gasteiger partial charge in [0.25, 0.3) is 5.91 Å². The van der Waals surface area contributed by atoms with E-state index in [0.29, 0.717) is 28.5 Å². The highest BCUT2D eigenvalue weighted by Crippen LogP contribution is 2.16. The molecule has 0 radical (unpaired) electrons. The van der Waals surface area contributed by atoms with Gasteiger partial charge in [-0.15, -0.1) is 0 Å². The van der Waals surface area contributed by atoms with Crippen molar-refractivity contribution in [3.63, 3.8) is 0 Å². The number of rotatable bonds is 7. The summed E-state index contributed by atoms with van der Waals surface area (Å²) < 4.78 is 19.2. The first kappa shape index (κ1) is 20.3. The van der Waals surface area contributed by atoms with Crippen molar-refractivity contribution in [3.8, 4) is 5.75 Å². The van der Waals surface area contributed by atoms with Gasteiger partial charge in [0.15, 0.2) is 0 Å². The number of hydrogen-bond acceptors (Lipinski definition) is 3. The van der Waals surface area contributed by atoms with Gasteiger partial charge >= 0.3 is 0 Å². The van der Waals surface area contributed by atoms with Gasteiger partial charge in [0.2, 0.25) is 0 Å². The Bertz CT molecular complexity index is 1020. The molecule has 0 atom stereocenters. The first-order valence-electron chi connectivity index (χ1n) is 8.84. The molecule has 0 saturated heterocycles. The molecule has 0 aliphatic rings. The van der Waals surface area contributed by atoms with E-state index in [-0.39, 0.29) is 11.7 Å². The fourth-order valence-corrected chi connectivity index (χ4v) is 2.54. The number of nitrogens with one attached hydrogen (secondary N) is 1. The molecule has 6 heteroatoms. The van der Waals surface area contributed by atoms with Crippen molar-refractivity contribution < 1.29 is 13.9 Å². The van der Waals surface area contributed by atoms with E-state index in [1.807, 2.05) is 12.1 Å². The highest BCUT2D eigenvalue weighted by molar-refractivity contribution is 6.30. The number of carbonyl (C=O) groups is 1. The normalized spacial score (nSPS) is 11.1. The molecule has 0 unspecified atom stereocenters. The molecular formula is C23H18ClFN2O2. The molecule has 1 amide bonds. The van der Waals surface area contributed by atoms with Crippen LogP contribution >= 0.6 is 11.6 Å². The van der Waals surface area contributed by atoms with Gasteiger partial charge in [0.05, 0.1) is 0 Å². The molecule has 0 spiro atoms. The van der Waals surface area contributed by atoms with Gasteiger partial charge in [-0.2, -0.15) is 5.10 Å². The number of hydrogen-bond donors (Lipinski definition) is 1. The molecule has 29 heavy (non-hydrogen) atoms. The summed E-state index contributed by atoms with van der Waals surface area (Å²) in [5.74, 6) is -0.0304. The summed E-state index contributed by atoms with van der Waals surface area (Å²) in [7, 11) is 0. The van der Waals surface area contributed by atoms with E-state index in [1.54, 1.807) is 66.7 Å². The van der Waals surface area contributed by atoms with E-state index < -0.39 is 0 Å². The SMILES string of the molecule is O=C(N/N=C/C=C\c1ccccc1F)c1ccc(OCc2ccc(Cl)cc2)cc1. The summed E-state index contributed by atoms with van der Waals surface area (Å²) in [5.41, 5.74) is 4.30. The number of amides is 1. The van der Waals surface area contributed by atoms with Crippen LogP contribution in [0, 0.1) is 5.82 Å². The van der Waals surface area contributed by atoms with Gasteiger partial charge in [0.1, 0.15) is 18.2 Å². The van der Waals surface area contributed by atoms with Crippen molar-refractivity contribution in [2.75, 3.05) is 0 Å². The summed E-state index contributed by atoms with van der Waals surface area (Å²) in [6, 6.07) is 20.5. The van der Waals surface area contributed by atoms with E-state index in [1.165, 1.54) is 12.3 Å². The Kier molecular flexibility index (Phi) is 7.14. The van der Waals surface area contributed by atoms with E-state index in [4.69, 9.17) is 16.3 Å². The van der Waals surface area contributed by atoms with Gasteiger partial charge in [-0.1, -0.05) is 48.0 Å². The maximum atomic E-state index is 13.5. The molecule has 0 fully saturated rings. The van der Waals surface area contributed by atoms with Crippen LogP contribution in [0.25, 0.3) is 6.08 Å². The van der Waals surface area contributed by atoms with Gasteiger partial charge < -0.3 is 4.74 Å². The standard InChI is InChI=1S/C23H18ClFN2O2/c24-20-11-7-17(8-12-20)16-29-21-13-9-19(10-14-21)23(28)27-26-15-3-5-18-4-1-2-6-22(18)25/h1-15H,16H2,(H,27,28)/b5-3-,26-15+. The second kappa shape index (κ2) is 10.2. The van der Waals surface area contributed by atoms with Crippen LogP contribution in [-0.4, -0.2) is 12.1 Å². The molecule has 3 aromatic carbocycles. The maximum Gasteiger partial charge on any atom is 0.271 e. The predicted molar refractivity (Wildman–Crippen MR) is 114 cm³/mol. The first-order chi connectivity index (χ1) is 14.1. The third-order valence-electron chi connectivity index (χ3n) is 3.94. The van der Waals surface area contributed by atoms with Gasteiger partial charge in [-0.25, -0.2) is 9.82 Å². The predicted octanol–water partition coefficient (Wildman–Crippen LogP) is 5.49. The lowest BCUT2D eigenvalue weighted by atomic mass is 10.2. The average Bonchev–Trinajstić information content (AvgIpc) is 2.74. The number of allylic oxidation sites excluding steroid dienone is 1. The second-order valence-electron chi connectivity index (χ2n) is 6.04. The molecule has 1 N–H and O–H groups in total. The van der Waals surface area contributed by atoms with Crippen molar-refractivity contribution in [2.45, 2.75) is 6.61 Å². The van der Waals surface area contributed by atoms with Crippen LogP contribution in [0.15, 0.2) is 84.0 Å². The maximum absolute atomic E-state index is 13.5. The highest BCUT2D eigenvalue weighted by atomic mass is 35.5. The second-order valence-corrected chi connectivity index (χ2v) is 6.48. The monoisotopic (exact) mass is 408 g/mol. The summed E-state index contributed by atoms with van der Waals surface area (Å²) in [5, 5.41) is 4.50. The number of carbonyl (C=O) groups excluding carboxylic acids is 1. The zero-order chi connectivity index (χ0) is 20.5. The lowest BCUT2D eigenvalue weighted by Crippen LogP contribution is -2.17. The average molecular weight is 409 g/mol. The van der Waals surface area contributed by atoms with E-state index in [9.17, 15) is 9.18 Å². The smallest absolute Gasteiger partial charge is 0.271 e. The molecule has 0 saturated carbocycles. The number of halogens is 2. The third-order valence-corrected chi connectivity index (χ3v) is 4.19. The van der Waals surface area contributed by atoms with Crippen LogP contribution in [0.1, 0.15) is 21.5 Å². The number of ether oxygens (including phenoxy) is 1. The zero-order valence-electron chi connectivity index (χ0n) is 15.4. The molecule has 0 aliphatic carbocycles. The molecule has 0 aliphatic heterocycles. The van der Waals surface area contributed by atoms with E-state index in [0.717, 1.165) is 5.56 Å². The topological polar surface area (TPSA) is 50.7 Å². The molecular weight excluding hydrogens is 391 g/mol. The molecule has 0 heterocycles. The lowest BCUT2D eigenvalue weighted by molar-refractivity contribution is 0.0955. The zero-order valence-corrected chi connectivity index (χ0v) is 16.1. The summed E-state index contributed by atoms with van der Waals surface area (Å²) in [6.07, 6.45) is 4.50. The van der Waals surface area contributed by atoms with Crippen LogP contribution in [0.2, 0.25) is 5.02 Å². The van der Waals surface area contributed by atoms with Crippen molar-refractivity contribution in [2.24, 2.45) is 5.10 Å². The largest absolute Gasteiger partial charge is 0.489 e. The summed E-state index contributed by atoms with van der Waals surface area (Å²) in [6.45, 7) is 0.404. The van der Waals surface area contributed by atoms with Crippen LogP contribution < -0.4 is 10.2 Å². The van der Waals surface area contributed by atoms with Crippen molar-refractivity contribution in [1.29, 1.82) is 0 Å². The van der Waals surface area contributed by atoms with Crippen LogP contribution in [0.3, 0.4) is 0 Å². The Balaban J connectivity index is 1.48. The molecule has 0 aromatic heterocycles. The summed E-state index contributed by atoms with van der Waals surface area (Å²) >= 11 is 5.86. The van der Waals surface area contributed by atoms with Crippen molar-refractivity contribution >= 4 is 29.8 Å². The van der Waals surface area contributed by atoms with Gasteiger partial charge in [-0.3, -0.25) is 4.79 Å². The fraction of sp³-hybridized carbons (Fsp3) is 0.0435. The molecule has 4 nitrogen and oxygen atoms in total. The quantitative estimate of drug-likeness (QED) is 0.415. The van der Waals surface area contributed by atoms with Crippen LogP contribution in [0.5, 0.6) is 5.75 Å². The Morgan fingerprint density at radius 1 is 1.03 bits per heavy atom. The van der Waals surface area contributed by atoms with E-state index >= 15 is 0 Å². The molecule has 0 bridgehead atoms. The minimum absolute atomic E-state index is 0.320. The van der Waals surface area contributed by atoms with Gasteiger partial charge in [-0.05, 0) is 54.1 Å². The van der Waals surface area contributed by atoms with Crippen LogP contribution in [0.4, 0.5) is 4.39 Å². The number of benzene rings is 3. The Morgan fingerprint density at radius 3 is 2.48 bits per heavy atom. The molecule has 3 aromatic rings. The number of hydrazone groups is 1. The molecule has 3 rings (SSSR count). The minimum atomic E-state index is -0.357. The van der Waals surface area contributed by atoms with Crippen LogP contribution in [-0.2, 0) is 6.61 Å². The summed E-state index contributed by atoms with van der Waals surface area (Å²) in [4.78, 5) is 12.1. The third kappa shape index (κ3) is 6.30. The Morgan fingerprint density at radius 2 is 1.76 bits per heavy atom. The van der Waals surface area contributed by atoms with Gasteiger partial charge in [0, 0.05) is 22.4 Å². The van der Waals surface area contributed by atoms with Crippen molar-refractivity contribution in [1.82, 2.24) is 5.43 Å². The highest BCUT2D eigenvalue weighted by Gasteiger charge is 2.04. The fourth-order valence-electron chi connectivity index (χ4n) is 2.41. The number of nitrogens with zero attached hydrogens (tertiary/aromatic N) is 1. The Hall–Kier alpha value is -3.44.